The van der Waals surface area contributed by atoms with E-state index in [-0.39, 0.29) is 0 Å². The van der Waals surface area contributed by atoms with E-state index in [4.69, 9.17) is 8.94 Å². The second kappa shape index (κ2) is 6.80. The van der Waals surface area contributed by atoms with Crippen LogP contribution in [-0.4, -0.2) is 32.8 Å². The second-order valence-corrected chi connectivity index (χ2v) is 6.64. The predicted octanol–water partition coefficient (Wildman–Crippen LogP) is 4.07. The Kier molecular flexibility index (Phi) is 4.36. The molecule has 6 heteroatoms. The zero-order valence-electron chi connectivity index (χ0n) is 14.6. The molecule has 0 spiro atoms. The molecule has 1 atom stereocenters. The first kappa shape index (κ1) is 16.0. The van der Waals surface area contributed by atoms with Crippen LogP contribution < -0.4 is 0 Å². The SMILES string of the molecule is Cc1onc(-c2ccccc2)c1-c1nnc(CN2CCCCC2C)o1. The van der Waals surface area contributed by atoms with E-state index in [2.05, 4.69) is 27.2 Å². The third-order valence-corrected chi connectivity index (χ3v) is 4.87. The van der Waals surface area contributed by atoms with Crippen molar-refractivity contribution in [1.82, 2.24) is 20.3 Å². The summed E-state index contributed by atoms with van der Waals surface area (Å²) in [5.74, 6) is 1.79. The molecule has 0 saturated carbocycles. The number of aryl methyl sites for hydroxylation is 1. The molecule has 130 valence electrons. The van der Waals surface area contributed by atoms with Gasteiger partial charge in [-0.25, -0.2) is 0 Å². The molecule has 1 saturated heterocycles. The molecule has 0 amide bonds. The molecule has 0 N–H and O–H groups in total. The Morgan fingerprint density at radius 3 is 2.80 bits per heavy atom. The van der Waals surface area contributed by atoms with Crippen molar-refractivity contribution in [2.75, 3.05) is 6.54 Å². The Morgan fingerprint density at radius 1 is 1.16 bits per heavy atom. The van der Waals surface area contributed by atoms with E-state index in [0.29, 0.717) is 30.1 Å². The molecule has 3 aromatic rings. The first-order chi connectivity index (χ1) is 12.2. The summed E-state index contributed by atoms with van der Waals surface area (Å²) in [6.45, 7) is 5.90. The molecule has 1 aromatic carbocycles. The minimum absolute atomic E-state index is 0.470. The van der Waals surface area contributed by atoms with E-state index in [1.807, 2.05) is 37.3 Å². The number of hydrogen-bond donors (Lipinski definition) is 0. The first-order valence-electron chi connectivity index (χ1n) is 8.81. The van der Waals surface area contributed by atoms with E-state index < -0.39 is 0 Å². The Bertz CT molecular complexity index is 840. The lowest BCUT2D eigenvalue weighted by molar-refractivity contribution is 0.139. The summed E-state index contributed by atoms with van der Waals surface area (Å²) >= 11 is 0. The van der Waals surface area contributed by atoms with Crippen LogP contribution in [-0.2, 0) is 6.54 Å². The fourth-order valence-electron chi connectivity index (χ4n) is 3.40. The van der Waals surface area contributed by atoms with Gasteiger partial charge < -0.3 is 8.94 Å². The summed E-state index contributed by atoms with van der Waals surface area (Å²) in [5, 5.41) is 12.7. The van der Waals surface area contributed by atoms with Crippen LogP contribution in [0.1, 0.15) is 37.8 Å². The fraction of sp³-hybridized carbons (Fsp3) is 0.421. The molecule has 1 fully saturated rings. The monoisotopic (exact) mass is 338 g/mol. The molecule has 0 aliphatic carbocycles. The maximum absolute atomic E-state index is 5.96. The van der Waals surface area contributed by atoms with Crippen molar-refractivity contribution in [2.45, 2.75) is 45.7 Å². The fourth-order valence-corrected chi connectivity index (χ4v) is 3.40. The van der Waals surface area contributed by atoms with Crippen LogP contribution in [0.5, 0.6) is 0 Å². The van der Waals surface area contributed by atoms with Gasteiger partial charge in [-0.05, 0) is 33.2 Å². The minimum atomic E-state index is 0.470. The summed E-state index contributed by atoms with van der Waals surface area (Å²) in [4.78, 5) is 2.40. The molecule has 1 aliphatic rings. The lowest BCUT2D eigenvalue weighted by atomic mass is 10.0. The number of rotatable bonds is 4. The molecular weight excluding hydrogens is 316 g/mol. The largest absolute Gasteiger partial charge is 0.419 e. The number of nitrogens with zero attached hydrogens (tertiary/aromatic N) is 4. The highest BCUT2D eigenvalue weighted by Gasteiger charge is 2.24. The smallest absolute Gasteiger partial charge is 0.253 e. The van der Waals surface area contributed by atoms with Gasteiger partial charge in [0.2, 0.25) is 5.89 Å². The molecule has 0 bridgehead atoms. The van der Waals surface area contributed by atoms with Crippen LogP contribution in [0.4, 0.5) is 0 Å². The Morgan fingerprint density at radius 2 is 2.00 bits per heavy atom. The van der Waals surface area contributed by atoms with Crippen LogP contribution in [0.25, 0.3) is 22.7 Å². The summed E-state index contributed by atoms with van der Waals surface area (Å²) in [7, 11) is 0. The topological polar surface area (TPSA) is 68.2 Å². The molecule has 1 unspecified atom stereocenters. The zero-order valence-corrected chi connectivity index (χ0v) is 14.6. The van der Waals surface area contributed by atoms with E-state index in [1.165, 1.54) is 19.3 Å². The number of aromatic nitrogens is 3. The summed E-state index contributed by atoms with van der Waals surface area (Å²) in [5.41, 5.74) is 2.48. The highest BCUT2D eigenvalue weighted by molar-refractivity contribution is 5.77. The van der Waals surface area contributed by atoms with Crippen molar-refractivity contribution < 1.29 is 8.94 Å². The molecule has 2 aromatic heterocycles. The maximum atomic E-state index is 5.96. The van der Waals surface area contributed by atoms with Gasteiger partial charge in [-0.15, -0.1) is 10.2 Å². The molecule has 25 heavy (non-hydrogen) atoms. The first-order valence-corrected chi connectivity index (χ1v) is 8.81. The normalized spacial score (nSPS) is 18.6. The zero-order chi connectivity index (χ0) is 17.2. The van der Waals surface area contributed by atoms with Gasteiger partial charge in [0, 0.05) is 11.6 Å². The maximum Gasteiger partial charge on any atom is 0.253 e. The van der Waals surface area contributed by atoms with Crippen molar-refractivity contribution in [3.63, 3.8) is 0 Å². The van der Waals surface area contributed by atoms with Crippen LogP contribution in [0, 0.1) is 6.92 Å². The quantitative estimate of drug-likeness (QED) is 0.714. The van der Waals surface area contributed by atoms with Crippen LogP contribution in [0.2, 0.25) is 0 Å². The summed E-state index contributed by atoms with van der Waals surface area (Å²) in [6.07, 6.45) is 3.76. The van der Waals surface area contributed by atoms with E-state index in [1.54, 1.807) is 0 Å². The third-order valence-electron chi connectivity index (χ3n) is 4.87. The lowest BCUT2D eigenvalue weighted by Gasteiger charge is -2.31. The number of piperidine rings is 1. The van der Waals surface area contributed by atoms with Gasteiger partial charge in [-0.3, -0.25) is 4.90 Å². The molecule has 1 aliphatic heterocycles. The molecule has 6 nitrogen and oxygen atoms in total. The van der Waals surface area contributed by atoms with Gasteiger partial charge in [-0.1, -0.05) is 41.9 Å². The molecule has 4 rings (SSSR count). The van der Waals surface area contributed by atoms with E-state index in [0.717, 1.165) is 23.4 Å². The van der Waals surface area contributed by atoms with Crippen LogP contribution >= 0.6 is 0 Å². The standard InChI is InChI=1S/C19H22N4O2/c1-13-8-6-7-11-23(13)12-16-20-21-19(24-16)17-14(2)25-22-18(17)15-9-4-3-5-10-15/h3-5,9-10,13H,6-8,11-12H2,1-2H3. The molecule has 0 radical (unpaired) electrons. The Labute approximate surface area is 146 Å². The average Bonchev–Trinajstić information content (AvgIpc) is 3.24. The van der Waals surface area contributed by atoms with Crippen LogP contribution in [0.15, 0.2) is 39.3 Å². The van der Waals surface area contributed by atoms with E-state index in [9.17, 15) is 0 Å². The van der Waals surface area contributed by atoms with Gasteiger partial charge in [0.1, 0.15) is 17.0 Å². The van der Waals surface area contributed by atoms with Crippen LogP contribution in [0.3, 0.4) is 0 Å². The van der Waals surface area contributed by atoms with Gasteiger partial charge in [-0.2, -0.15) is 0 Å². The Balaban J connectivity index is 1.61. The molecular formula is C19H22N4O2. The van der Waals surface area contributed by atoms with Gasteiger partial charge in [0.05, 0.1) is 6.54 Å². The lowest BCUT2D eigenvalue weighted by Crippen LogP contribution is -2.36. The molecule has 3 heterocycles. The summed E-state index contributed by atoms with van der Waals surface area (Å²) < 4.78 is 11.4. The van der Waals surface area contributed by atoms with Gasteiger partial charge in [0.25, 0.3) is 5.89 Å². The number of likely N-dealkylation sites (tertiary alicyclic amines) is 1. The highest BCUT2D eigenvalue weighted by Crippen LogP contribution is 2.33. The second-order valence-electron chi connectivity index (χ2n) is 6.64. The van der Waals surface area contributed by atoms with Crippen molar-refractivity contribution in [3.05, 3.63) is 42.0 Å². The van der Waals surface area contributed by atoms with Crippen molar-refractivity contribution in [3.8, 4) is 22.7 Å². The van der Waals surface area contributed by atoms with Crippen molar-refractivity contribution in [1.29, 1.82) is 0 Å². The van der Waals surface area contributed by atoms with Crippen molar-refractivity contribution >= 4 is 0 Å². The summed E-state index contributed by atoms with van der Waals surface area (Å²) in [6, 6.07) is 10.5. The average molecular weight is 338 g/mol. The van der Waals surface area contributed by atoms with Gasteiger partial charge >= 0.3 is 0 Å². The Hall–Kier alpha value is -2.47. The van der Waals surface area contributed by atoms with E-state index >= 15 is 0 Å². The van der Waals surface area contributed by atoms with Gasteiger partial charge in [0.15, 0.2) is 0 Å². The third kappa shape index (κ3) is 3.22. The number of benzene rings is 1. The number of hydrogen-bond acceptors (Lipinski definition) is 6. The van der Waals surface area contributed by atoms with Crippen molar-refractivity contribution in [2.24, 2.45) is 0 Å². The highest BCUT2D eigenvalue weighted by atomic mass is 16.5. The predicted molar refractivity (Wildman–Crippen MR) is 93.7 cm³/mol. The minimum Gasteiger partial charge on any atom is -0.419 e.